The maximum absolute atomic E-state index is 12.1. The number of hydrogen-bond acceptors (Lipinski definition) is 4. The number of nitrogens with two attached hydrogens (primary N) is 1. The summed E-state index contributed by atoms with van der Waals surface area (Å²) in [5.74, 6) is -0.497. The minimum absolute atomic E-state index is 0.0642. The molecule has 0 unspecified atom stereocenters. The Morgan fingerprint density at radius 1 is 1.29 bits per heavy atom. The van der Waals surface area contributed by atoms with Gasteiger partial charge in [-0.25, -0.2) is 8.42 Å². The van der Waals surface area contributed by atoms with Crippen molar-refractivity contribution in [3.8, 4) is 0 Å². The molecule has 5 nitrogen and oxygen atoms in total. The van der Waals surface area contributed by atoms with Gasteiger partial charge in [0.25, 0.3) is 0 Å². The molecule has 0 atom stereocenters. The van der Waals surface area contributed by atoms with Crippen LogP contribution in [0.1, 0.15) is 12.8 Å². The Kier molecular flexibility index (Phi) is 6.93. The molecule has 1 aromatic carbocycles. The maximum Gasteiger partial charge on any atom is 0.223 e. The molecule has 1 rings (SSSR count). The van der Waals surface area contributed by atoms with Crippen molar-refractivity contribution in [3.05, 3.63) is 28.2 Å². The highest BCUT2D eigenvalue weighted by Gasteiger charge is 2.19. The van der Waals surface area contributed by atoms with E-state index in [4.69, 9.17) is 28.9 Å². The van der Waals surface area contributed by atoms with Crippen molar-refractivity contribution in [2.75, 3.05) is 25.9 Å². The van der Waals surface area contributed by atoms with E-state index in [2.05, 4.69) is 0 Å². The molecule has 0 saturated heterocycles. The highest BCUT2D eigenvalue weighted by atomic mass is 35.5. The highest BCUT2D eigenvalue weighted by Crippen LogP contribution is 2.25. The molecule has 2 N–H and O–H groups in total. The lowest BCUT2D eigenvalue weighted by molar-refractivity contribution is -0.129. The molecule has 0 aliphatic carbocycles. The second kappa shape index (κ2) is 7.98. The first-order valence-corrected chi connectivity index (χ1v) is 8.80. The minimum Gasteiger partial charge on any atom is -0.346 e. The molecular weight excluding hydrogens is 335 g/mol. The number of sulfone groups is 1. The fourth-order valence-electron chi connectivity index (χ4n) is 1.65. The Bertz CT molecular complexity index is 605. The van der Waals surface area contributed by atoms with Crippen molar-refractivity contribution in [1.29, 1.82) is 0 Å². The zero-order valence-electron chi connectivity index (χ0n) is 11.7. The van der Waals surface area contributed by atoms with Crippen molar-refractivity contribution in [3.63, 3.8) is 0 Å². The van der Waals surface area contributed by atoms with Crippen LogP contribution in [-0.4, -0.2) is 45.1 Å². The van der Waals surface area contributed by atoms with Crippen LogP contribution in [0.2, 0.25) is 10.0 Å². The van der Waals surface area contributed by atoms with E-state index in [1.807, 2.05) is 0 Å². The van der Waals surface area contributed by atoms with Gasteiger partial charge in [0.2, 0.25) is 5.91 Å². The summed E-state index contributed by atoms with van der Waals surface area (Å²) in [6.07, 6.45) is 0.603. The van der Waals surface area contributed by atoms with Crippen molar-refractivity contribution in [1.82, 2.24) is 4.90 Å². The molecule has 1 amide bonds. The molecule has 0 fully saturated rings. The van der Waals surface area contributed by atoms with Gasteiger partial charge < -0.3 is 10.6 Å². The average Bonchev–Trinajstić information content (AvgIpc) is 2.44. The van der Waals surface area contributed by atoms with Gasteiger partial charge in [-0.15, -0.1) is 0 Å². The molecule has 0 spiro atoms. The van der Waals surface area contributed by atoms with Gasteiger partial charge in [-0.2, -0.15) is 0 Å². The van der Waals surface area contributed by atoms with Crippen LogP contribution in [0, 0.1) is 0 Å². The van der Waals surface area contributed by atoms with Crippen LogP contribution in [-0.2, 0) is 14.6 Å². The van der Waals surface area contributed by atoms with Gasteiger partial charge in [-0.3, -0.25) is 4.79 Å². The third-order valence-corrected chi connectivity index (χ3v) is 5.41. The van der Waals surface area contributed by atoms with Crippen LogP contribution >= 0.6 is 23.2 Å². The van der Waals surface area contributed by atoms with Gasteiger partial charge in [-0.05, 0) is 31.2 Å². The molecule has 0 heterocycles. The number of carbonyl (C=O) groups is 1. The Balaban J connectivity index is 2.68. The second-order valence-electron chi connectivity index (χ2n) is 4.60. The first-order chi connectivity index (χ1) is 9.77. The van der Waals surface area contributed by atoms with Crippen LogP contribution in [0.3, 0.4) is 0 Å². The zero-order valence-corrected chi connectivity index (χ0v) is 14.0. The van der Waals surface area contributed by atoms with Crippen LogP contribution in [0.5, 0.6) is 0 Å². The lowest BCUT2D eigenvalue weighted by Gasteiger charge is -2.16. The molecule has 0 saturated carbocycles. The zero-order chi connectivity index (χ0) is 16.0. The molecule has 21 heavy (non-hydrogen) atoms. The Morgan fingerprint density at radius 3 is 2.52 bits per heavy atom. The van der Waals surface area contributed by atoms with Crippen molar-refractivity contribution >= 4 is 38.9 Å². The van der Waals surface area contributed by atoms with E-state index >= 15 is 0 Å². The maximum atomic E-state index is 12.1. The van der Waals surface area contributed by atoms with E-state index in [1.54, 1.807) is 7.05 Å². The molecule has 0 radical (unpaired) electrons. The second-order valence-corrected chi connectivity index (χ2v) is 7.53. The van der Waals surface area contributed by atoms with Gasteiger partial charge in [0, 0.05) is 20.0 Å². The van der Waals surface area contributed by atoms with E-state index in [9.17, 15) is 13.2 Å². The Hall–Kier alpha value is -0.820. The molecule has 1 aromatic rings. The monoisotopic (exact) mass is 352 g/mol. The van der Waals surface area contributed by atoms with Gasteiger partial charge in [0.05, 0.1) is 20.7 Å². The normalized spacial score (nSPS) is 11.4. The first-order valence-electron chi connectivity index (χ1n) is 6.40. The summed E-state index contributed by atoms with van der Waals surface area (Å²) in [5, 5.41) is 0.456. The fourth-order valence-corrected chi connectivity index (χ4v) is 3.27. The van der Waals surface area contributed by atoms with E-state index in [-0.39, 0.29) is 33.0 Å². The summed E-state index contributed by atoms with van der Waals surface area (Å²) in [6.45, 7) is 1.00. The van der Waals surface area contributed by atoms with Gasteiger partial charge in [-0.1, -0.05) is 23.2 Å². The van der Waals surface area contributed by atoms with Gasteiger partial charge in [0.15, 0.2) is 9.84 Å². The molecule has 0 bridgehead atoms. The van der Waals surface area contributed by atoms with Crippen molar-refractivity contribution in [2.24, 2.45) is 5.73 Å². The molecule has 0 aliphatic heterocycles. The number of amides is 1. The summed E-state index contributed by atoms with van der Waals surface area (Å²) in [5.41, 5.74) is 5.37. The quantitative estimate of drug-likeness (QED) is 0.813. The van der Waals surface area contributed by atoms with Crippen LogP contribution < -0.4 is 5.73 Å². The van der Waals surface area contributed by atoms with E-state index in [0.717, 1.165) is 0 Å². The number of halogens is 2. The number of carbonyl (C=O) groups excluding carboxylic acids is 1. The summed E-state index contributed by atoms with van der Waals surface area (Å²) in [7, 11) is -1.94. The Labute approximate surface area is 134 Å². The Morgan fingerprint density at radius 2 is 1.95 bits per heavy atom. The predicted molar refractivity (Wildman–Crippen MR) is 84.4 cm³/mol. The number of hydrogen-bond donors (Lipinski definition) is 1. The van der Waals surface area contributed by atoms with Crippen LogP contribution in [0.4, 0.5) is 0 Å². The molecule has 0 aliphatic rings. The smallest absolute Gasteiger partial charge is 0.223 e. The fraction of sp³-hybridized carbons (Fsp3) is 0.462. The SMILES string of the molecule is CN(CCCN)C(=O)CCS(=O)(=O)c1ccc(Cl)c(Cl)c1. The number of nitrogens with zero attached hydrogens (tertiary/aromatic N) is 1. The van der Waals surface area contributed by atoms with Crippen molar-refractivity contribution in [2.45, 2.75) is 17.7 Å². The lowest BCUT2D eigenvalue weighted by Crippen LogP contribution is -2.30. The summed E-state index contributed by atoms with van der Waals surface area (Å²) in [6, 6.07) is 4.10. The molecule has 118 valence electrons. The van der Waals surface area contributed by atoms with Crippen LogP contribution in [0.25, 0.3) is 0 Å². The topological polar surface area (TPSA) is 80.5 Å². The van der Waals surface area contributed by atoms with E-state index in [1.165, 1.54) is 23.1 Å². The first kappa shape index (κ1) is 18.2. The van der Waals surface area contributed by atoms with Gasteiger partial charge >= 0.3 is 0 Å². The third kappa shape index (κ3) is 5.47. The molecule has 0 aromatic heterocycles. The van der Waals surface area contributed by atoms with Crippen LogP contribution in [0.15, 0.2) is 23.1 Å². The van der Waals surface area contributed by atoms with E-state index in [0.29, 0.717) is 19.5 Å². The highest BCUT2D eigenvalue weighted by molar-refractivity contribution is 7.91. The summed E-state index contributed by atoms with van der Waals surface area (Å²) >= 11 is 11.6. The number of benzene rings is 1. The van der Waals surface area contributed by atoms with Crippen molar-refractivity contribution < 1.29 is 13.2 Å². The summed E-state index contributed by atoms with van der Waals surface area (Å²) < 4.78 is 24.3. The summed E-state index contributed by atoms with van der Waals surface area (Å²) in [4.78, 5) is 13.4. The predicted octanol–water partition coefficient (Wildman–Crippen LogP) is 1.96. The van der Waals surface area contributed by atoms with E-state index < -0.39 is 9.84 Å². The minimum atomic E-state index is -3.56. The molecule has 8 heteroatoms. The lowest BCUT2D eigenvalue weighted by atomic mass is 10.3. The standard InChI is InChI=1S/C13H18Cl2N2O3S/c1-17(7-2-6-16)13(18)5-8-21(19,20)10-3-4-11(14)12(15)9-10/h3-4,9H,2,5-8,16H2,1H3. The average molecular weight is 353 g/mol. The largest absolute Gasteiger partial charge is 0.346 e. The van der Waals surface area contributed by atoms with Gasteiger partial charge in [0.1, 0.15) is 0 Å². The third-order valence-electron chi connectivity index (χ3n) is 2.96. The number of rotatable bonds is 7. The molecular formula is C13H18Cl2N2O3S.